The van der Waals surface area contributed by atoms with Crippen molar-refractivity contribution in [3.63, 3.8) is 0 Å². The highest BCUT2D eigenvalue weighted by molar-refractivity contribution is 7.93. The average Bonchev–Trinajstić information content (AvgIpc) is 2.87. The molecule has 0 aliphatic carbocycles. The van der Waals surface area contributed by atoms with Gasteiger partial charge in [0, 0.05) is 19.5 Å². The Morgan fingerprint density at radius 2 is 1.65 bits per heavy atom. The van der Waals surface area contributed by atoms with Crippen LogP contribution in [-0.2, 0) is 25.8 Å². The van der Waals surface area contributed by atoms with Crippen LogP contribution in [0.1, 0.15) is 18.4 Å². The summed E-state index contributed by atoms with van der Waals surface area (Å²) in [5.74, 6) is -2.48. The van der Waals surface area contributed by atoms with E-state index in [1.807, 2.05) is 12.1 Å². The zero-order valence-electron chi connectivity index (χ0n) is 20.1. The number of sulfone groups is 1. The Labute approximate surface area is 214 Å². The first-order valence-electron chi connectivity index (χ1n) is 11.7. The van der Waals surface area contributed by atoms with Gasteiger partial charge in [0.2, 0.25) is 14.7 Å². The van der Waals surface area contributed by atoms with Gasteiger partial charge in [0.1, 0.15) is 0 Å². The van der Waals surface area contributed by atoms with Crippen LogP contribution >= 0.6 is 0 Å². The maximum Gasteiger partial charge on any atom is 0.306 e. The lowest BCUT2D eigenvalue weighted by Crippen LogP contribution is -2.62. The minimum atomic E-state index is -4.42. The molecule has 10 nitrogen and oxygen atoms in total. The molecule has 194 valence electrons. The van der Waals surface area contributed by atoms with Gasteiger partial charge in [-0.25, -0.2) is 13.4 Å². The molecule has 3 aromatic carbocycles. The third kappa shape index (κ3) is 5.27. The van der Waals surface area contributed by atoms with Gasteiger partial charge in [0.15, 0.2) is 5.96 Å². The number of aliphatic imine (C=N–C) groups is 1. The van der Waals surface area contributed by atoms with E-state index >= 15 is 0 Å². The SMILES string of the molecule is NC(N)=Nc1cccc(C[C@](N)(C(=O)N2CCC(C(=O)O)CC2)S(=O)(=O)c2ccc3ccccc3c2)c1. The van der Waals surface area contributed by atoms with Crippen LogP contribution in [0.25, 0.3) is 10.8 Å². The molecule has 0 bridgehead atoms. The molecule has 1 aliphatic heterocycles. The van der Waals surface area contributed by atoms with Crippen molar-refractivity contribution < 1.29 is 23.1 Å². The summed E-state index contributed by atoms with van der Waals surface area (Å²) in [5.41, 5.74) is 18.4. The van der Waals surface area contributed by atoms with Crippen molar-refractivity contribution in [3.8, 4) is 0 Å². The van der Waals surface area contributed by atoms with Crippen LogP contribution in [-0.4, -0.2) is 54.2 Å². The van der Waals surface area contributed by atoms with Crippen molar-refractivity contribution in [2.45, 2.75) is 29.0 Å². The lowest BCUT2D eigenvalue weighted by atomic mass is 9.96. The third-order valence-corrected chi connectivity index (χ3v) is 8.79. The number of carbonyl (C=O) groups is 2. The lowest BCUT2D eigenvalue weighted by molar-refractivity contribution is -0.146. The van der Waals surface area contributed by atoms with E-state index in [0.29, 0.717) is 16.6 Å². The molecular weight excluding hydrogens is 494 g/mol. The van der Waals surface area contributed by atoms with Crippen LogP contribution < -0.4 is 17.2 Å². The number of carboxylic acid groups (broad SMARTS) is 1. The second kappa shape index (κ2) is 10.2. The summed E-state index contributed by atoms with van der Waals surface area (Å²) >= 11 is 0. The summed E-state index contributed by atoms with van der Waals surface area (Å²) in [6.45, 7) is 0.187. The summed E-state index contributed by atoms with van der Waals surface area (Å²) in [5, 5.41) is 10.9. The number of carboxylic acids is 1. The summed E-state index contributed by atoms with van der Waals surface area (Å²) in [6.07, 6.45) is 0.0913. The summed E-state index contributed by atoms with van der Waals surface area (Å²) in [4.78, 5) is 28.1. The minimum Gasteiger partial charge on any atom is -0.481 e. The number of nitrogens with zero attached hydrogens (tertiary/aromatic N) is 2. The Morgan fingerprint density at radius 1 is 0.973 bits per heavy atom. The highest BCUT2D eigenvalue weighted by Crippen LogP contribution is 2.32. The number of benzene rings is 3. The van der Waals surface area contributed by atoms with Gasteiger partial charge in [0.25, 0.3) is 5.91 Å². The summed E-state index contributed by atoms with van der Waals surface area (Å²) in [6, 6.07) is 18.4. The molecule has 0 unspecified atom stereocenters. The monoisotopic (exact) mass is 523 g/mol. The number of piperidine rings is 1. The van der Waals surface area contributed by atoms with E-state index in [9.17, 15) is 23.1 Å². The first-order valence-corrected chi connectivity index (χ1v) is 13.2. The number of hydrogen-bond donors (Lipinski definition) is 4. The van der Waals surface area contributed by atoms with Crippen LogP contribution in [0.15, 0.2) is 76.6 Å². The van der Waals surface area contributed by atoms with Crippen molar-refractivity contribution in [1.82, 2.24) is 4.90 Å². The Hall–Kier alpha value is -3.96. The van der Waals surface area contributed by atoms with Gasteiger partial charge < -0.3 is 27.2 Å². The normalized spacial score (nSPS) is 16.2. The van der Waals surface area contributed by atoms with E-state index in [4.69, 9.17) is 17.2 Å². The molecule has 1 aliphatic rings. The second-order valence-corrected chi connectivity index (χ2v) is 11.4. The van der Waals surface area contributed by atoms with Gasteiger partial charge in [-0.15, -0.1) is 0 Å². The molecule has 0 saturated carbocycles. The molecule has 1 heterocycles. The van der Waals surface area contributed by atoms with Gasteiger partial charge in [-0.2, -0.15) is 0 Å². The van der Waals surface area contributed by atoms with Crippen LogP contribution in [0.2, 0.25) is 0 Å². The average molecular weight is 524 g/mol. The number of carbonyl (C=O) groups excluding carboxylic acids is 1. The molecule has 1 fully saturated rings. The first-order chi connectivity index (χ1) is 17.5. The smallest absolute Gasteiger partial charge is 0.306 e. The molecule has 3 aromatic rings. The van der Waals surface area contributed by atoms with Crippen LogP contribution in [0, 0.1) is 5.92 Å². The minimum absolute atomic E-state index is 0.0807. The molecule has 11 heteroatoms. The first kappa shape index (κ1) is 26.1. The van der Waals surface area contributed by atoms with Crippen molar-refractivity contribution >= 4 is 44.1 Å². The van der Waals surface area contributed by atoms with Crippen LogP contribution in [0.5, 0.6) is 0 Å². The van der Waals surface area contributed by atoms with Gasteiger partial charge in [0.05, 0.1) is 16.5 Å². The number of guanidine groups is 1. The Morgan fingerprint density at radius 3 is 2.30 bits per heavy atom. The number of fused-ring (bicyclic) bond motifs is 1. The molecule has 1 saturated heterocycles. The van der Waals surface area contributed by atoms with Gasteiger partial charge >= 0.3 is 5.97 Å². The number of nitrogens with two attached hydrogens (primary N) is 3. The fourth-order valence-electron chi connectivity index (χ4n) is 4.62. The number of hydrogen-bond acceptors (Lipinski definition) is 6. The maximum absolute atomic E-state index is 14.1. The topological polar surface area (TPSA) is 182 Å². The van der Waals surface area contributed by atoms with Gasteiger partial charge in [-0.1, -0.05) is 42.5 Å². The molecule has 0 spiro atoms. The highest BCUT2D eigenvalue weighted by Gasteiger charge is 2.50. The lowest BCUT2D eigenvalue weighted by Gasteiger charge is -2.37. The Bertz CT molecular complexity index is 1480. The van der Waals surface area contributed by atoms with Crippen molar-refractivity contribution in [2.24, 2.45) is 28.1 Å². The van der Waals surface area contributed by atoms with E-state index in [2.05, 4.69) is 4.99 Å². The second-order valence-electron chi connectivity index (χ2n) is 9.19. The third-order valence-electron chi connectivity index (χ3n) is 6.64. The van der Waals surface area contributed by atoms with E-state index in [1.165, 1.54) is 17.0 Å². The van der Waals surface area contributed by atoms with E-state index in [1.54, 1.807) is 42.5 Å². The van der Waals surface area contributed by atoms with Crippen LogP contribution in [0.4, 0.5) is 5.69 Å². The predicted molar refractivity (Wildman–Crippen MR) is 141 cm³/mol. The van der Waals surface area contributed by atoms with Crippen molar-refractivity contribution in [2.75, 3.05) is 13.1 Å². The van der Waals surface area contributed by atoms with Crippen molar-refractivity contribution in [3.05, 3.63) is 72.3 Å². The Balaban J connectivity index is 1.77. The molecule has 4 rings (SSSR count). The predicted octanol–water partition coefficient (Wildman–Crippen LogP) is 1.74. The fraction of sp³-hybridized carbons (Fsp3) is 0.269. The van der Waals surface area contributed by atoms with E-state index in [-0.39, 0.29) is 43.2 Å². The number of likely N-dealkylation sites (tertiary alicyclic amines) is 1. The van der Waals surface area contributed by atoms with Gasteiger partial charge in [-0.05, 0) is 53.4 Å². The number of aliphatic carboxylic acids is 1. The Kier molecular flexibility index (Phi) is 7.19. The molecule has 1 atom stereocenters. The summed E-state index contributed by atoms with van der Waals surface area (Å²) in [7, 11) is -4.42. The summed E-state index contributed by atoms with van der Waals surface area (Å²) < 4.78 is 28.2. The van der Waals surface area contributed by atoms with Crippen LogP contribution in [0.3, 0.4) is 0 Å². The maximum atomic E-state index is 14.1. The van der Waals surface area contributed by atoms with E-state index in [0.717, 1.165) is 5.39 Å². The van der Waals surface area contributed by atoms with E-state index < -0.39 is 32.5 Å². The number of amides is 1. The molecule has 0 radical (unpaired) electrons. The highest BCUT2D eigenvalue weighted by atomic mass is 32.2. The fourth-order valence-corrected chi connectivity index (χ4v) is 6.28. The molecular formula is C26H29N5O5S. The van der Waals surface area contributed by atoms with Crippen molar-refractivity contribution in [1.29, 1.82) is 0 Å². The standard InChI is InChI=1S/C26H29N5O5S/c27-25(28)30-21-7-3-4-17(14-21)16-26(29,24(34)31-12-10-19(11-13-31)23(32)33)37(35,36)22-9-8-18-5-1-2-6-20(18)15-22/h1-9,14-15,19H,10-13,16,29H2,(H,32,33)(H4,27,28,30)/t26-/m1/s1. The number of rotatable bonds is 7. The zero-order chi connectivity index (χ0) is 26.8. The largest absolute Gasteiger partial charge is 0.481 e. The molecule has 7 N–H and O–H groups in total. The molecule has 37 heavy (non-hydrogen) atoms. The molecule has 1 amide bonds. The zero-order valence-corrected chi connectivity index (χ0v) is 20.9. The van der Waals surface area contributed by atoms with Gasteiger partial charge in [-0.3, -0.25) is 9.59 Å². The molecule has 0 aromatic heterocycles. The quantitative estimate of drug-likeness (QED) is 0.267.